The molecule has 0 radical (unpaired) electrons. The van der Waals surface area contributed by atoms with Crippen LogP contribution in [0.3, 0.4) is 0 Å². The molecule has 1 atom stereocenters. The highest BCUT2D eigenvalue weighted by molar-refractivity contribution is 5.97. The van der Waals surface area contributed by atoms with Crippen LogP contribution in [-0.2, 0) is 9.53 Å². The van der Waals surface area contributed by atoms with Gasteiger partial charge in [-0.25, -0.2) is 4.79 Å². The van der Waals surface area contributed by atoms with Crippen molar-refractivity contribution in [1.82, 2.24) is 0 Å². The van der Waals surface area contributed by atoms with Crippen LogP contribution in [-0.4, -0.2) is 31.4 Å². The van der Waals surface area contributed by atoms with E-state index < -0.39 is 18.0 Å². The lowest BCUT2D eigenvalue weighted by Gasteiger charge is -2.14. The van der Waals surface area contributed by atoms with Crippen LogP contribution in [0.2, 0.25) is 0 Å². The van der Waals surface area contributed by atoms with E-state index in [0.717, 1.165) is 0 Å². The van der Waals surface area contributed by atoms with Crippen molar-refractivity contribution < 1.29 is 28.5 Å². The fourth-order valence-corrected chi connectivity index (χ4v) is 2.35. The van der Waals surface area contributed by atoms with E-state index in [2.05, 4.69) is 5.32 Å². The summed E-state index contributed by atoms with van der Waals surface area (Å²) in [5.41, 5.74) is 0.874. The zero-order valence-electron chi connectivity index (χ0n) is 14.5. The fraction of sp³-hybridized carbons (Fsp3) is 0.263. The molecule has 0 spiro atoms. The molecule has 0 saturated carbocycles. The Kier molecular flexibility index (Phi) is 5.26. The molecule has 2 aromatic carbocycles. The minimum absolute atomic E-state index is 0.156. The molecule has 0 fully saturated rings. The molecule has 0 saturated heterocycles. The Morgan fingerprint density at radius 2 is 1.85 bits per heavy atom. The molecule has 0 bridgehead atoms. The maximum atomic E-state index is 12.2. The number of hydrogen-bond acceptors (Lipinski definition) is 6. The number of carbonyl (C=O) groups is 2. The van der Waals surface area contributed by atoms with Crippen molar-refractivity contribution in [1.29, 1.82) is 0 Å². The summed E-state index contributed by atoms with van der Waals surface area (Å²) in [6.07, 6.45) is -0.959. The summed E-state index contributed by atoms with van der Waals surface area (Å²) in [7, 11) is 0. The minimum Gasteiger partial charge on any atom is -0.494 e. The van der Waals surface area contributed by atoms with E-state index >= 15 is 0 Å². The standard InChI is InChI=1S/C19H19NO6/c1-3-23-15-7-4-13(5-8-15)19(22)26-12(2)18(21)20-14-6-9-16-17(10-14)25-11-24-16/h4-10,12H,3,11H2,1-2H3,(H,20,21)/t12-/m0/s1. The highest BCUT2D eigenvalue weighted by atomic mass is 16.7. The number of fused-ring (bicyclic) bond motifs is 1. The third-order valence-corrected chi connectivity index (χ3v) is 3.69. The van der Waals surface area contributed by atoms with Gasteiger partial charge < -0.3 is 24.3 Å². The molecule has 26 heavy (non-hydrogen) atoms. The first-order chi connectivity index (χ1) is 12.6. The van der Waals surface area contributed by atoms with Crippen molar-refractivity contribution in [2.45, 2.75) is 20.0 Å². The summed E-state index contributed by atoms with van der Waals surface area (Å²) in [5, 5.41) is 2.68. The summed E-state index contributed by atoms with van der Waals surface area (Å²) < 4.78 is 21.0. The van der Waals surface area contributed by atoms with E-state index in [9.17, 15) is 9.59 Å². The third kappa shape index (κ3) is 4.05. The minimum atomic E-state index is -0.959. The van der Waals surface area contributed by atoms with E-state index in [1.807, 2.05) is 6.92 Å². The van der Waals surface area contributed by atoms with Crippen molar-refractivity contribution in [3.63, 3.8) is 0 Å². The maximum absolute atomic E-state index is 12.2. The van der Waals surface area contributed by atoms with Crippen LogP contribution in [0.25, 0.3) is 0 Å². The van der Waals surface area contributed by atoms with Crippen molar-refractivity contribution in [3.8, 4) is 17.2 Å². The molecule has 0 unspecified atom stereocenters. The smallest absolute Gasteiger partial charge is 0.338 e. The van der Waals surface area contributed by atoms with Gasteiger partial charge in [0.05, 0.1) is 12.2 Å². The first kappa shape index (κ1) is 17.6. The largest absolute Gasteiger partial charge is 0.494 e. The maximum Gasteiger partial charge on any atom is 0.338 e. The van der Waals surface area contributed by atoms with Gasteiger partial charge in [-0.2, -0.15) is 0 Å². The number of benzene rings is 2. The Balaban J connectivity index is 1.57. The molecule has 3 rings (SSSR count). The van der Waals surface area contributed by atoms with Gasteiger partial charge in [0.1, 0.15) is 5.75 Å². The zero-order chi connectivity index (χ0) is 18.5. The molecule has 1 amide bonds. The molecule has 136 valence electrons. The SMILES string of the molecule is CCOc1ccc(C(=O)O[C@@H](C)C(=O)Nc2ccc3c(c2)OCO3)cc1. The Bertz CT molecular complexity index is 802. The summed E-state index contributed by atoms with van der Waals surface area (Å²) >= 11 is 0. The lowest BCUT2D eigenvalue weighted by molar-refractivity contribution is -0.123. The fourth-order valence-electron chi connectivity index (χ4n) is 2.35. The molecule has 2 aromatic rings. The van der Waals surface area contributed by atoms with E-state index in [4.69, 9.17) is 18.9 Å². The molecule has 0 aromatic heterocycles. The van der Waals surface area contributed by atoms with Gasteiger partial charge in [0.2, 0.25) is 6.79 Å². The third-order valence-electron chi connectivity index (χ3n) is 3.69. The van der Waals surface area contributed by atoms with Gasteiger partial charge in [0.25, 0.3) is 5.91 Å². The van der Waals surface area contributed by atoms with Crippen molar-refractivity contribution in [3.05, 3.63) is 48.0 Å². The topological polar surface area (TPSA) is 83.1 Å². The van der Waals surface area contributed by atoms with Gasteiger partial charge in [0.15, 0.2) is 17.6 Å². The zero-order valence-corrected chi connectivity index (χ0v) is 14.5. The normalized spacial score (nSPS) is 13.0. The first-order valence-electron chi connectivity index (χ1n) is 8.21. The number of anilines is 1. The Hall–Kier alpha value is -3.22. The van der Waals surface area contributed by atoms with E-state index in [1.165, 1.54) is 6.92 Å². The van der Waals surface area contributed by atoms with Gasteiger partial charge in [0, 0.05) is 11.8 Å². The highest BCUT2D eigenvalue weighted by Gasteiger charge is 2.20. The molecule has 0 aliphatic carbocycles. The molecule has 1 aliphatic rings. The van der Waals surface area contributed by atoms with Crippen molar-refractivity contribution >= 4 is 17.6 Å². The van der Waals surface area contributed by atoms with Crippen LogP contribution >= 0.6 is 0 Å². The van der Waals surface area contributed by atoms with Crippen LogP contribution in [0.5, 0.6) is 17.2 Å². The molecule has 7 nitrogen and oxygen atoms in total. The number of esters is 1. The Morgan fingerprint density at radius 3 is 2.58 bits per heavy atom. The van der Waals surface area contributed by atoms with Crippen LogP contribution < -0.4 is 19.5 Å². The van der Waals surface area contributed by atoms with Gasteiger partial charge in [-0.3, -0.25) is 4.79 Å². The van der Waals surface area contributed by atoms with Crippen molar-refractivity contribution in [2.75, 3.05) is 18.7 Å². The predicted octanol–water partition coefficient (Wildman–Crippen LogP) is 3.00. The Morgan fingerprint density at radius 1 is 1.12 bits per heavy atom. The second-order valence-electron chi connectivity index (χ2n) is 5.56. The average Bonchev–Trinajstić information content (AvgIpc) is 3.10. The first-order valence-corrected chi connectivity index (χ1v) is 8.21. The second kappa shape index (κ2) is 7.77. The summed E-state index contributed by atoms with van der Waals surface area (Å²) in [4.78, 5) is 24.4. The quantitative estimate of drug-likeness (QED) is 0.800. The number of nitrogens with one attached hydrogen (secondary N) is 1. The lowest BCUT2D eigenvalue weighted by atomic mass is 10.2. The molecule has 1 aliphatic heterocycles. The summed E-state index contributed by atoms with van der Waals surface area (Å²) in [6.45, 7) is 4.08. The number of hydrogen-bond donors (Lipinski definition) is 1. The average molecular weight is 357 g/mol. The van der Waals surface area contributed by atoms with Crippen LogP contribution in [0, 0.1) is 0 Å². The Labute approximate surface area is 150 Å². The molecular weight excluding hydrogens is 338 g/mol. The summed E-state index contributed by atoms with van der Waals surface area (Å²) in [6, 6.07) is 11.6. The number of rotatable bonds is 6. The molecule has 1 N–H and O–H groups in total. The van der Waals surface area contributed by atoms with E-state index in [-0.39, 0.29) is 6.79 Å². The number of ether oxygens (including phenoxy) is 4. The summed E-state index contributed by atoms with van der Waals surface area (Å²) in [5.74, 6) is 0.821. The monoisotopic (exact) mass is 357 g/mol. The van der Waals surface area contributed by atoms with Gasteiger partial charge in [-0.1, -0.05) is 0 Å². The van der Waals surface area contributed by atoms with Crippen LogP contribution in [0.4, 0.5) is 5.69 Å². The predicted molar refractivity (Wildman–Crippen MR) is 93.7 cm³/mol. The van der Waals surface area contributed by atoms with E-state index in [1.54, 1.807) is 42.5 Å². The molecule has 7 heteroatoms. The number of carbonyl (C=O) groups excluding carboxylic acids is 2. The molecular formula is C19H19NO6. The van der Waals surface area contributed by atoms with Crippen LogP contribution in [0.1, 0.15) is 24.2 Å². The van der Waals surface area contributed by atoms with E-state index in [0.29, 0.717) is 35.1 Å². The lowest BCUT2D eigenvalue weighted by Crippen LogP contribution is -2.30. The van der Waals surface area contributed by atoms with Gasteiger partial charge in [-0.05, 0) is 50.2 Å². The molecule has 1 heterocycles. The number of amides is 1. The van der Waals surface area contributed by atoms with Crippen molar-refractivity contribution in [2.24, 2.45) is 0 Å². The van der Waals surface area contributed by atoms with Gasteiger partial charge in [-0.15, -0.1) is 0 Å². The highest BCUT2D eigenvalue weighted by Crippen LogP contribution is 2.34. The van der Waals surface area contributed by atoms with Crippen LogP contribution in [0.15, 0.2) is 42.5 Å². The second-order valence-corrected chi connectivity index (χ2v) is 5.56. The van der Waals surface area contributed by atoms with Gasteiger partial charge >= 0.3 is 5.97 Å².